The van der Waals surface area contributed by atoms with E-state index in [-0.39, 0.29) is 5.97 Å². The topological polar surface area (TPSA) is 42.1 Å². The molecule has 4 nitrogen and oxygen atoms in total. The van der Waals surface area contributed by atoms with Crippen LogP contribution in [0.3, 0.4) is 0 Å². The van der Waals surface area contributed by atoms with Crippen LogP contribution in [-0.4, -0.2) is 48.7 Å². The molecule has 6 atom stereocenters. The summed E-state index contributed by atoms with van der Waals surface area (Å²) in [7, 11) is 3.97. The number of quaternary nitrogens is 1. The van der Waals surface area contributed by atoms with Crippen molar-refractivity contribution in [3.63, 3.8) is 0 Å². The molecule has 1 aliphatic carbocycles. The van der Waals surface area contributed by atoms with E-state index in [2.05, 4.69) is 50.1 Å². The summed E-state index contributed by atoms with van der Waals surface area (Å²) in [5, 5.41) is 1.29. The van der Waals surface area contributed by atoms with Gasteiger partial charge in [0.15, 0.2) is 5.41 Å². The molecule has 2 saturated heterocycles. The highest BCUT2D eigenvalue weighted by Gasteiger charge is 2.70. The minimum absolute atomic E-state index is 0.0263. The second kappa shape index (κ2) is 5.60. The zero-order valence-corrected chi connectivity index (χ0v) is 16.9. The van der Waals surface area contributed by atoms with Crippen LogP contribution in [0.15, 0.2) is 24.3 Å². The summed E-state index contributed by atoms with van der Waals surface area (Å²) in [4.78, 5) is 17.3. The first-order chi connectivity index (χ1) is 13.0. The molecule has 2 aromatic rings. The van der Waals surface area contributed by atoms with Gasteiger partial charge in [0.05, 0.1) is 27.2 Å². The smallest absolute Gasteiger partial charge is 0.324 e. The molecule has 0 spiro atoms. The highest BCUT2D eigenvalue weighted by molar-refractivity contribution is 5.91. The van der Waals surface area contributed by atoms with Crippen molar-refractivity contribution in [1.29, 1.82) is 0 Å². The van der Waals surface area contributed by atoms with Crippen molar-refractivity contribution >= 4 is 16.9 Å². The molecule has 1 saturated carbocycles. The van der Waals surface area contributed by atoms with Crippen LogP contribution in [-0.2, 0) is 21.4 Å². The number of rotatable bonds is 2. The number of carbonyl (C=O) groups is 1. The summed E-state index contributed by atoms with van der Waals surface area (Å²) in [6.07, 6.45) is 3.09. The van der Waals surface area contributed by atoms with E-state index in [0.29, 0.717) is 23.8 Å². The monoisotopic (exact) mass is 367 g/mol. The van der Waals surface area contributed by atoms with Gasteiger partial charge in [0.2, 0.25) is 0 Å². The minimum Gasteiger partial charge on any atom is -0.468 e. The lowest BCUT2D eigenvalue weighted by Crippen LogP contribution is -2.76. The van der Waals surface area contributed by atoms with Gasteiger partial charge < -0.3 is 14.2 Å². The van der Waals surface area contributed by atoms with Crippen molar-refractivity contribution in [3.05, 3.63) is 35.5 Å². The Balaban J connectivity index is 1.84. The van der Waals surface area contributed by atoms with Crippen molar-refractivity contribution in [1.82, 2.24) is 4.98 Å². The predicted molar refractivity (Wildman–Crippen MR) is 106 cm³/mol. The Kier molecular flexibility index (Phi) is 3.59. The van der Waals surface area contributed by atoms with Crippen LogP contribution in [0.4, 0.5) is 0 Å². The van der Waals surface area contributed by atoms with Gasteiger partial charge in [-0.2, -0.15) is 0 Å². The number of methoxy groups -OCH3 is 1. The molecule has 4 bridgehead atoms. The number of ether oxygens (including phenoxy) is 1. The van der Waals surface area contributed by atoms with Gasteiger partial charge in [0.25, 0.3) is 0 Å². The number of nitrogens with zero attached hydrogens (tertiary/aromatic N) is 1. The number of benzene rings is 1. The molecule has 4 aliphatic rings. The van der Waals surface area contributed by atoms with Crippen LogP contribution < -0.4 is 0 Å². The fourth-order valence-electron chi connectivity index (χ4n) is 7.37. The SMILES string of the molecule is CCC1C(C)C2CC3(C(=O)OC)c4[nH]c5ccccc5c4CC[N+](C)(C2)C13. The van der Waals surface area contributed by atoms with Crippen LogP contribution in [0, 0.1) is 17.8 Å². The predicted octanol–water partition coefficient (Wildman–Crippen LogP) is 3.65. The standard InChI is InChI=1S/C23H31N2O2/c1-5-16-14(2)15-12-23(22(26)27-4)20-18(10-11-25(3,13-15)21(16)23)17-8-6-7-9-19(17)24-20/h6-9,14-16,21,24H,5,10-13H2,1-4H3/q+1. The molecule has 6 rings (SSSR count). The molecular formula is C23H31N2O2+. The van der Waals surface area contributed by atoms with E-state index in [0.717, 1.165) is 41.5 Å². The summed E-state index contributed by atoms with van der Waals surface area (Å²) < 4.78 is 6.54. The number of nitrogens with one attached hydrogen (secondary N) is 1. The van der Waals surface area contributed by atoms with Gasteiger partial charge in [0, 0.05) is 34.9 Å². The molecule has 3 aliphatic heterocycles. The Bertz CT molecular complexity index is 918. The second-order valence-electron chi connectivity index (χ2n) is 9.46. The third-order valence-corrected chi connectivity index (χ3v) is 8.39. The van der Waals surface area contributed by atoms with E-state index in [9.17, 15) is 4.79 Å². The summed E-state index contributed by atoms with van der Waals surface area (Å²) >= 11 is 0. The van der Waals surface area contributed by atoms with Crippen molar-refractivity contribution in [2.24, 2.45) is 17.8 Å². The van der Waals surface area contributed by atoms with Gasteiger partial charge in [-0.15, -0.1) is 0 Å². The summed E-state index contributed by atoms with van der Waals surface area (Å²) in [6.45, 7) is 7.03. The Labute approximate surface area is 161 Å². The number of aromatic amines is 1. The number of piperidine rings is 2. The fourth-order valence-corrected chi connectivity index (χ4v) is 7.37. The number of esters is 1. The van der Waals surface area contributed by atoms with Crippen LogP contribution >= 0.6 is 0 Å². The normalized spacial score (nSPS) is 39.9. The zero-order valence-electron chi connectivity index (χ0n) is 16.9. The zero-order chi connectivity index (χ0) is 19.0. The maximum absolute atomic E-state index is 13.5. The highest BCUT2D eigenvalue weighted by Crippen LogP contribution is 2.59. The van der Waals surface area contributed by atoms with E-state index < -0.39 is 5.41 Å². The molecule has 4 heterocycles. The molecule has 4 heteroatoms. The third-order valence-electron chi connectivity index (χ3n) is 8.39. The number of para-hydroxylation sites is 1. The van der Waals surface area contributed by atoms with Crippen LogP contribution in [0.5, 0.6) is 0 Å². The molecule has 0 radical (unpaired) electrons. The van der Waals surface area contributed by atoms with Gasteiger partial charge in [-0.25, -0.2) is 0 Å². The summed E-state index contributed by atoms with van der Waals surface area (Å²) in [6, 6.07) is 8.83. The van der Waals surface area contributed by atoms with Crippen molar-refractivity contribution in [3.8, 4) is 0 Å². The molecular weight excluding hydrogens is 336 g/mol. The van der Waals surface area contributed by atoms with Crippen LogP contribution in [0.25, 0.3) is 10.9 Å². The van der Waals surface area contributed by atoms with E-state index in [1.165, 1.54) is 17.5 Å². The molecule has 27 heavy (non-hydrogen) atoms. The molecule has 6 unspecified atom stereocenters. The first-order valence-electron chi connectivity index (χ1n) is 10.5. The lowest BCUT2D eigenvalue weighted by Gasteiger charge is -2.63. The van der Waals surface area contributed by atoms with Crippen LogP contribution in [0.2, 0.25) is 0 Å². The Morgan fingerprint density at radius 3 is 2.89 bits per heavy atom. The van der Waals surface area contributed by atoms with Gasteiger partial charge in [-0.3, -0.25) is 4.79 Å². The van der Waals surface area contributed by atoms with Crippen molar-refractivity contribution < 1.29 is 14.0 Å². The average molecular weight is 368 g/mol. The number of carbonyl (C=O) groups excluding carboxylic acids is 1. The quantitative estimate of drug-likeness (QED) is 0.650. The Morgan fingerprint density at radius 2 is 2.15 bits per heavy atom. The lowest BCUT2D eigenvalue weighted by atomic mass is 9.52. The Morgan fingerprint density at radius 1 is 1.37 bits per heavy atom. The number of aromatic nitrogens is 1. The number of H-pyrrole nitrogens is 1. The van der Waals surface area contributed by atoms with E-state index in [1.54, 1.807) is 7.11 Å². The van der Waals surface area contributed by atoms with Gasteiger partial charge in [-0.1, -0.05) is 32.0 Å². The number of fused-ring (bicyclic) bond motifs is 4. The van der Waals surface area contributed by atoms with Crippen LogP contribution in [0.1, 0.15) is 37.9 Å². The molecule has 1 N–H and O–H groups in total. The molecule has 1 aromatic carbocycles. The third kappa shape index (κ3) is 2.00. The number of likely N-dealkylation sites (N-methyl/N-ethyl adjacent to an activating group) is 1. The van der Waals surface area contributed by atoms with Gasteiger partial charge >= 0.3 is 5.97 Å². The largest absolute Gasteiger partial charge is 0.468 e. The van der Waals surface area contributed by atoms with Gasteiger partial charge in [0.1, 0.15) is 6.04 Å². The molecule has 0 amide bonds. The Hall–Kier alpha value is -1.81. The first-order valence-corrected chi connectivity index (χ1v) is 10.5. The van der Waals surface area contributed by atoms with Crippen molar-refractivity contribution in [2.75, 3.05) is 27.2 Å². The van der Waals surface area contributed by atoms with E-state index in [4.69, 9.17) is 4.74 Å². The first kappa shape index (κ1) is 17.3. The fraction of sp³-hybridized carbons (Fsp3) is 0.609. The van der Waals surface area contributed by atoms with Crippen molar-refractivity contribution in [2.45, 2.75) is 44.6 Å². The minimum atomic E-state index is -0.537. The van der Waals surface area contributed by atoms with E-state index in [1.807, 2.05) is 0 Å². The molecule has 1 aromatic heterocycles. The highest BCUT2D eigenvalue weighted by atomic mass is 16.5. The molecule has 3 fully saturated rings. The number of hydrogen-bond donors (Lipinski definition) is 1. The second-order valence-corrected chi connectivity index (χ2v) is 9.46. The number of hydrogen-bond acceptors (Lipinski definition) is 2. The molecule has 144 valence electrons. The summed E-state index contributed by atoms with van der Waals surface area (Å²) in [5.41, 5.74) is 3.14. The lowest BCUT2D eigenvalue weighted by molar-refractivity contribution is -0.956. The average Bonchev–Trinajstić information content (AvgIpc) is 3.03. The summed E-state index contributed by atoms with van der Waals surface area (Å²) in [5.74, 6) is 1.77. The van der Waals surface area contributed by atoms with Gasteiger partial charge in [-0.05, 0) is 30.4 Å². The maximum Gasteiger partial charge on any atom is 0.324 e. The van der Waals surface area contributed by atoms with E-state index >= 15 is 0 Å². The maximum atomic E-state index is 13.5.